The zero-order valence-electron chi connectivity index (χ0n) is 4.55. The van der Waals surface area contributed by atoms with Crippen LogP contribution in [0.3, 0.4) is 0 Å². The van der Waals surface area contributed by atoms with Crippen LogP contribution in [0.2, 0.25) is 0 Å². The van der Waals surface area contributed by atoms with Crippen molar-refractivity contribution in [3.05, 3.63) is 0 Å². The molecule has 0 N–H and O–H groups in total. The Morgan fingerprint density at radius 2 is 2.43 bits per heavy atom. The fraction of sp³-hybridized carbons (Fsp3) is 1.00. The summed E-state index contributed by atoms with van der Waals surface area (Å²) >= 11 is 0. The molecule has 0 aromatic rings. The molecule has 7 heavy (non-hydrogen) atoms. The molecule has 1 aliphatic rings. The van der Waals surface area contributed by atoms with Crippen molar-refractivity contribution in [2.75, 3.05) is 20.8 Å². The van der Waals surface area contributed by atoms with Crippen LogP contribution in [0.15, 0.2) is 0 Å². The van der Waals surface area contributed by atoms with Crippen molar-refractivity contribution < 1.29 is 9.57 Å². The molecule has 0 spiro atoms. The lowest BCUT2D eigenvalue weighted by Crippen LogP contribution is -2.19. The Labute approximate surface area is 42.8 Å². The van der Waals surface area contributed by atoms with Crippen LogP contribution in [0.5, 0.6) is 0 Å². The summed E-state index contributed by atoms with van der Waals surface area (Å²) in [6, 6.07) is 0. The largest absolute Gasteiger partial charge is 0.354 e. The van der Waals surface area contributed by atoms with Crippen molar-refractivity contribution in [1.82, 2.24) is 5.06 Å². The third-order valence-electron chi connectivity index (χ3n) is 1.01. The van der Waals surface area contributed by atoms with E-state index in [2.05, 4.69) is 0 Å². The van der Waals surface area contributed by atoms with Gasteiger partial charge in [-0.1, -0.05) is 0 Å². The van der Waals surface area contributed by atoms with Gasteiger partial charge in [-0.3, -0.25) is 4.84 Å². The quantitative estimate of drug-likeness (QED) is 0.358. The van der Waals surface area contributed by atoms with Crippen molar-refractivity contribution in [2.45, 2.75) is 6.23 Å². The Balaban J connectivity index is 2.10. The maximum atomic E-state index is 4.86. The minimum atomic E-state index is 0.227. The average Bonchev–Trinajstić information content (AvgIpc) is 2.44. The second-order valence-electron chi connectivity index (χ2n) is 1.52. The first-order valence-corrected chi connectivity index (χ1v) is 2.23. The maximum absolute atomic E-state index is 4.86. The zero-order valence-corrected chi connectivity index (χ0v) is 4.55. The summed E-state index contributed by atoms with van der Waals surface area (Å²) in [7, 11) is 3.47. The lowest BCUT2D eigenvalue weighted by Gasteiger charge is -2.07. The summed E-state index contributed by atoms with van der Waals surface area (Å²) in [5, 5.41) is 1.68. The molecule has 1 aliphatic heterocycles. The molecule has 1 heterocycles. The number of ether oxygens (including phenoxy) is 1. The van der Waals surface area contributed by atoms with Gasteiger partial charge in [0.15, 0.2) is 6.23 Å². The predicted molar refractivity (Wildman–Crippen MR) is 24.5 cm³/mol. The highest BCUT2D eigenvalue weighted by Gasteiger charge is 2.27. The number of epoxide rings is 1. The molecular weight excluding hydrogens is 94.0 g/mol. The Bertz CT molecular complexity index is 62.7. The van der Waals surface area contributed by atoms with Gasteiger partial charge in [-0.2, -0.15) is 5.06 Å². The lowest BCUT2D eigenvalue weighted by atomic mass is 10.8. The molecule has 0 radical (unpaired) electrons. The van der Waals surface area contributed by atoms with Crippen LogP contribution in [-0.4, -0.2) is 32.1 Å². The van der Waals surface area contributed by atoms with E-state index in [4.69, 9.17) is 9.57 Å². The first-order valence-electron chi connectivity index (χ1n) is 2.23. The van der Waals surface area contributed by atoms with E-state index in [1.807, 2.05) is 7.05 Å². The van der Waals surface area contributed by atoms with Gasteiger partial charge in [0, 0.05) is 7.05 Å². The summed E-state index contributed by atoms with van der Waals surface area (Å²) in [5.74, 6) is 0. The molecule has 0 bridgehead atoms. The van der Waals surface area contributed by atoms with Crippen molar-refractivity contribution in [2.24, 2.45) is 0 Å². The van der Waals surface area contributed by atoms with Crippen LogP contribution >= 0.6 is 0 Å². The zero-order chi connectivity index (χ0) is 5.28. The molecule has 1 saturated heterocycles. The summed E-state index contributed by atoms with van der Waals surface area (Å²) in [4.78, 5) is 4.78. The first kappa shape index (κ1) is 5.03. The van der Waals surface area contributed by atoms with Crippen LogP contribution in [0, 0.1) is 0 Å². The molecular formula is C4H9NO2. The molecule has 0 aromatic carbocycles. The fourth-order valence-electron chi connectivity index (χ4n) is 0.371. The standard InChI is InChI=1S/C4H9NO2/c1-5(6-2)4-3-7-4/h4H,3H2,1-2H3/t4-/m0/s1. The molecule has 0 amide bonds. The van der Waals surface area contributed by atoms with E-state index in [0.717, 1.165) is 6.61 Å². The molecule has 3 nitrogen and oxygen atoms in total. The van der Waals surface area contributed by atoms with Crippen LogP contribution in [-0.2, 0) is 9.57 Å². The highest BCUT2D eigenvalue weighted by molar-refractivity contribution is 4.60. The molecule has 0 aromatic heterocycles. The predicted octanol–water partition coefficient (Wildman–Crippen LogP) is -0.164. The van der Waals surface area contributed by atoms with Gasteiger partial charge < -0.3 is 4.74 Å². The van der Waals surface area contributed by atoms with Gasteiger partial charge in [-0.15, -0.1) is 0 Å². The number of rotatable bonds is 2. The van der Waals surface area contributed by atoms with Gasteiger partial charge in [0.05, 0.1) is 13.7 Å². The molecule has 3 heteroatoms. The Hall–Kier alpha value is -0.120. The molecule has 0 saturated carbocycles. The Morgan fingerprint density at radius 1 is 1.86 bits per heavy atom. The lowest BCUT2D eigenvalue weighted by molar-refractivity contribution is -0.137. The normalized spacial score (nSPS) is 28.7. The summed E-state index contributed by atoms with van der Waals surface area (Å²) < 4.78 is 4.86. The third-order valence-corrected chi connectivity index (χ3v) is 1.01. The molecule has 0 unspecified atom stereocenters. The minimum absolute atomic E-state index is 0.227. The van der Waals surface area contributed by atoms with Gasteiger partial charge in [-0.25, -0.2) is 0 Å². The number of hydroxylamine groups is 2. The Morgan fingerprint density at radius 3 is 2.57 bits per heavy atom. The maximum Gasteiger partial charge on any atom is 0.156 e. The number of hydrogen-bond donors (Lipinski definition) is 0. The Kier molecular flexibility index (Phi) is 1.27. The highest BCUT2D eigenvalue weighted by atomic mass is 16.7. The second-order valence-corrected chi connectivity index (χ2v) is 1.52. The third kappa shape index (κ3) is 1.12. The molecule has 1 rings (SSSR count). The van der Waals surface area contributed by atoms with Crippen molar-refractivity contribution in [3.8, 4) is 0 Å². The van der Waals surface area contributed by atoms with E-state index in [1.54, 1.807) is 12.2 Å². The number of nitrogens with zero attached hydrogens (tertiary/aromatic N) is 1. The summed E-state index contributed by atoms with van der Waals surface area (Å²) in [5.41, 5.74) is 0. The minimum Gasteiger partial charge on any atom is -0.354 e. The van der Waals surface area contributed by atoms with Crippen molar-refractivity contribution >= 4 is 0 Å². The number of likely N-dealkylation sites (N-methyl/N-ethyl adjacent to an activating group) is 1. The van der Waals surface area contributed by atoms with E-state index in [-0.39, 0.29) is 6.23 Å². The topological polar surface area (TPSA) is 25.0 Å². The van der Waals surface area contributed by atoms with Gasteiger partial charge in [0.1, 0.15) is 0 Å². The summed E-state index contributed by atoms with van der Waals surface area (Å²) in [6.07, 6.45) is 0.227. The summed E-state index contributed by atoms with van der Waals surface area (Å²) in [6.45, 7) is 0.810. The average molecular weight is 103 g/mol. The fourth-order valence-corrected chi connectivity index (χ4v) is 0.371. The van der Waals surface area contributed by atoms with Crippen LogP contribution in [0.4, 0.5) is 0 Å². The highest BCUT2D eigenvalue weighted by Crippen LogP contribution is 2.11. The van der Waals surface area contributed by atoms with E-state index in [9.17, 15) is 0 Å². The van der Waals surface area contributed by atoms with Gasteiger partial charge in [0.2, 0.25) is 0 Å². The molecule has 42 valence electrons. The van der Waals surface area contributed by atoms with Crippen molar-refractivity contribution in [1.29, 1.82) is 0 Å². The van der Waals surface area contributed by atoms with Gasteiger partial charge in [0.25, 0.3) is 0 Å². The van der Waals surface area contributed by atoms with Crippen LogP contribution in [0.1, 0.15) is 0 Å². The van der Waals surface area contributed by atoms with E-state index >= 15 is 0 Å². The van der Waals surface area contributed by atoms with Gasteiger partial charge >= 0.3 is 0 Å². The van der Waals surface area contributed by atoms with Crippen molar-refractivity contribution in [3.63, 3.8) is 0 Å². The molecule has 1 fully saturated rings. The SMILES string of the molecule is CON(C)[C@@H]1CO1. The number of hydrogen-bond acceptors (Lipinski definition) is 3. The monoisotopic (exact) mass is 103 g/mol. The molecule has 0 aliphatic carbocycles. The first-order chi connectivity index (χ1) is 3.34. The van der Waals surface area contributed by atoms with E-state index in [0.29, 0.717) is 0 Å². The van der Waals surface area contributed by atoms with Crippen LogP contribution in [0.25, 0.3) is 0 Å². The van der Waals surface area contributed by atoms with Gasteiger partial charge in [-0.05, 0) is 0 Å². The molecule has 1 atom stereocenters. The second kappa shape index (κ2) is 1.78. The van der Waals surface area contributed by atoms with E-state index < -0.39 is 0 Å². The smallest absolute Gasteiger partial charge is 0.156 e. The van der Waals surface area contributed by atoms with Crippen LogP contribution < -0.4 is 0 Å². The van der Waals surface area contributed by atoms with E-state index in [1.165, 1.54) is 0 Å².